The van der Waals surface area contributed by atoms with E-state index < -0.39 is 5.41 Å². The van der Waals surface area contributed by atoms with Crippen molar-refractivity contribution < 1.29 is 14.1 Å². The summed E-state index contributed by atoms with van der Waals surface area (Å²) in [5, 5.41) is 4.19. The fourth-order valence-corrected chi connectivity index (χ4v) is 5.94. The van der Waals surface area contributed by atoms with Crippen LogP contribution >= 0.6 is 0 Å². The zero-order valence-corrected chi connectivity index (χ0v) is 20.6. The van der Waals surface area contributed by atoms with Crippen LogP contribution in [-0.4, -0.2) is 65.3 Å². The number of hydrogen-bond donors (Lipinski definition) is 0. The minimum absolute atomic E-state index is 0.232. The lowest BCUT2D eigenvalue weighted by Crippen LogP contribution is -2.56. The molecule has 8 heteroatoms. The molecule has 0 unspecified atom stereocenters. The van der Waals surface area contributed by atoms with Gasteiger partial charge in [-0.25, -0.2) is 4.98 Å². The number of hydrogen-bond acceptors (Lipinski definition) is 7. The number of rotatable bonds is 5. The molecule has 1 aromatic carbocycles. The van der Waals surface area contributed by atoms with Crippen molar-refractivity contribution in [3.8, 4) is 11.4 Å². The van der Waals surface area contributed by atoms with E-state index in [9.17, 15) is 4.79 Å². The van der Waals surface area contributed by atoms with Crippen LogP contribution in [0.4, 0.5) is 5.82 Å². The van der Waals surface area contributed by atoms with Crippen molar-refractivity contribution in [3.05, 3.63) is 60.1 Å². The van der Waals surface area contributed by atoms with Crippen LogP contribution in [0, 0.1) is 0 Å². The molecule has 3 fully saturated rings. The molecule has 0 atom stereocenters. The van der Waals surface area contributed by atoms with Crippen LogP contribution in [0.5, 0.6) is 0 Å². The van der Waals surface area contributed by atoms with E-state index in [1.165, 1.54) is 12.8 Å². The molecule has 3 aromatic rings. The predicted molar refractivity (Wildman–Crippen MR) is 136 cm³/mol. The van der Waals surface area contributed by atoms with Crippen molar-refractivity contribution in [1.29, 1.82) is 0 Å². The third-order valence-corrected chi connectivity index (χ3v) is 8.13. The van der Waals surface area contributed by atoms with Crippen LogP contribution in [0.25, 0.3) is 11.4 Å². The Balaban J connectivity index is 1.11. The summed E-state index contributed by atoms with van der Waals surface area (Å²) in [5.74, 6) is 2.91. The first kappa shape index (κ1) is 23.2. The first-order valence-electron chi connectivity index (χ1n) is 13.2. The number of ether oxygens (including phenoxy) is 1. The number of anilines is 1. The number of amides is 1. The molecule has 6 rings (SSSR count). The highest BCUT2D eigenvalue weighted by Crippen LogP contribution is 2.37. The number of carbonyl (C=O) groups excluding carboxylic acids is 1. The molecule has 0 radical (unpaired) electrons. The summed E-state index contributed by atoms with van der Waals surface area (Å²) in [6, 6.07) is 14.3. The van der Waals surface area contributed by atoms with E-state index in [0.717, 1.165) is 61.6 Å². The molecular formula is C28H33N5O3. The van der Waals surface area contributed by atoms with Gasteiger partial charge in [-0.15, -0.1) is 0 Å². The molecule has 3 aliphatic rings. The standard InChI is InChI=1S/C28H33N5O3/c34-27(28(12-18-35-19-13-28)23-8-2-1-3-9-23)33-16-14-32(15-17-33)24-11-10-22(20-29-24)25-30-26(36-31-25)21-6-4-5-7-21/h1-3,8-11,20-21H,4-7,12-19H2. The summed E-state index contributed by atoms with van der Waals surface area (Å²) in [6.07, 6.45) is 8.03. The van der Waals surface area contributed by atoms with Gasteiger partial charge in [-0.1, -0.05) is 48.3 Å². The van der Waals surface area contributed by atoms with Crippen LogP contribution in [-0.2, 0) is 14.9 Å². The molecule has 4 heterocycles. The Hall–Kier alpha value is -3.26. The largest absolute Gasteiger partial charge is 0.381 e. The van der Waals surface area contributed by atoms with Gasteiger partial charge in [0.2, 0.25) is 17.6 Å². The highest BCUT2D eigenvalue weighted by atomic mass is 16.5. The Labute approximate surface area is 211 Å². The topological polar surface area (TPSA) is 84.6 Å². The molecule has 0 bridgehead atoms. The van der Waals surface area contributed by atoms with Crippen LogP contribution in [0.3, 0.4) is 0 Å². The molecule has 1 amide bonds. The maximum absolute atomic E-state index is 13.8. The van der Waals surface area contributed by atoms with Gasteiger partial charge in [-0.2, -0.15) is 4.98 Å². The van der Waals surface area contributed by atoms with Gasteiger partial charge in [0.1, 0.15) is 5.82 Å². The van der Waals surface area contributed by atoms with E-state index in [4.69, 9.17) is 14.2 Å². The maximum atomic E-state index is 13.8. The molecular weight excluding hydrogens is 454 g/mol. The zero-order chi connectivity index (χ0) is 24.4. The van der Waals surface area contributed by atoms with Crippen molar-refractivity contribution in [1.82, 2.24) is 20.0 Å². The van der Waals surface area contributed by atoms with E-state index in [-0.39, 0.29) is 5.91 Å². The second-order valence-electron chi connectivity index (χ2n) is 10.2. The molecule has 2 aliphatic heterocycles. The monoisotopic (exact) mass is 487 g/mol. The third-order valence-electron chi connectivity index (χ3n) is 8.13. The van der Waals surface area contributed by atoms with Gasteiger partial charge in [-0.3, -0.25) is 4.79 Å². The Morgan fingerprint density at radius 2 is 1.69 bits per heavy atom. The lowest BCUT2D eigenvalue weighted by atomic mass is 9.73. The van der Waals surface area contributed by atoms with Crippen LogP contribution < -0.4 is 4.90 Å². The first-order valence-corrected chi connectivity index (χ1v) is 13.2. The minimum Gasteiger partial charge on any atom is -0.381 e. The normalized spacial score (nSPS) is 20.6. The fourth-order valence-electron chi connectivity index (χ4n) is 5.94. The Morgan fingerprint density at radius 1 is 0.944 bits per heavy atom. The van der Waals surface area contributed by atoms with E-state index in [1.54, 1.807) is 0 Å². The molecule has 36 heavy (non-hydrogen) atoms. The summed E-state index contributed by atoms with van der Waals surface area (Å²) < 4.78 is 11.2. The van der Waals surface area contributed by atoms with E-state index in [1.807, 2.05) is 41.4 Å². The van der Waals surface area contributed by atoms with Gasteiger partial charge in [0.05, 0.1) is 5.41 Å². The number of benzene rings is 1. The van der Waals surface area contributed by atoms with Gasteiger partial charge in [0.15, 0.2) is 0 Å². The molecule has 1 aliphatic carbocycles. The summed E-state index contributed by atoms with van der Waals surface area (Å²) in [4.78, 5) is 27.4. The van der Waals surface area contributed by atoms with E-state index >= 15 is 0 Å². The number of pyridine rings is 1. The smallest absolute Gasteiger partial charge is 0.233 e. The lowest BCUT2D eigenvalue weighted by molar-refractivity contribution is -0.141. The molecule has 2 saturated heterocycles. The lowest BCUT2D eigenvalue weighted by Gasteiger charge is -2.43. The van der Waals surface area contributed by atoms with Crippen LogP contribution in [0.1, 0.15) is 55.9 Å². The fraction of sp³-hybridized carbons (Fsp3) is 0.500. The number of nitrogens with zero attached hydrogens (tertiary/aromatic N) is 5. The SMILES string of the molecule is O=C(N1CCN(c2ccc(-c3noc(C4CCCC4)n3)cn2)CC1)C1(c2ccccc2)CCOCC1. The first-order chi connectivity index (χ1) is 17.7. The van der Waals surface area contributed by atoms with Gasteiger partial charge < -0.3 is 19.1 Å². The molecule has 188 valence electrons. The molecule has 2 aromatic heterocycles. The summed E-state index contributed by atoms with van der Waals surface area (Å²) in [7, 11) is 0. The van der Waals surface area contributed by atoms with Crippen LogP contribution in [0.2, 0.25) is 0 Å². The van der Waals surface area contributed by atoms with E-state index in [2.05, 4.69) is 27.2 Å². The second-order valence-corrected chi connectivity index (χ2v) is 10.2. The van der Waals surface area contributed by atoms with E-state index in [0.29, 0.717) is 38.0 Å². The van der Waals surface area contributed by atoms with Gasteiger partial charge in [-0.05, 0) is 43.4 Å². The van der Waals surface area contributed by atoms with Crippen molar-refractivity contribution >= 4 is 11.7 Å². The summed E-state index contributed by atoms with van der Waals surface area (Å²) >= 11 is 0. The molecule has 8 nitrogen and oxygen atoms in total. The summed E-state index contributed by atoms with van der Waals surface area (Å²) in [5.41, 5.74) is 1.49. The molecule has 0 spiro atoms. The maximum Gasteiger partial charge on any atom is 0.233 e. The van der Waals surface area contributed by atoms with Crippen molar-refractivity contribution in [3.63, 3.8) is 0 Å². The zero-order valence-electron chi connectivity index (χ0n) is 20.6. The van der Waals surface area contributed by atoms with Crippen molar-refractivity contribution in [2.75, 3.05) is 44.3 Å². The number of carbonyl (C=O) groups is 1. The van der Waals surface area contributed by atoms with Crippen LogP contribution in [0.15, 0.2) is 53.2 Å². The quantitative estimate of drug-likeness (QED) is 0.534. The van der Waals surface area contributed by atoms with Gasteiger partial charge in [0.25, 0.3) is 0 Å². The number of piperazine rings is 1. The van der Waals surface area contributed by atoms with Gasteiger partial charge >= 0.3 is 0 Å². The summed E-state index contributed by atoms with van der Waals surface area (Å²) in [6.45, 7) is 4.14. The highest BCUT2D eigenvalue weighted by Gasteiger charge is 2.44. The van der Waals surface area contributed by atoms with Crippen molar-refractivity contribution in [2.45, 2.75) is 49.9 Å². The Bertz CT molecular complexity index is 1160. The highest BCUT2D eigenvalue weighted by molar-refractivity contribution is 5.88. The number of aromatic nitrogens is 3. The Kier molecular flexibility index (Phi) is 6.44. The molecule has 1 saturated carbocycles. The Morgan fingerprint density at radius 3 is 2.39 bits per heavy atom. The predicted octanol–water partition coefficient (Wildman–Crippen LogP) is 4.19. The third kappa shape index (κ3) is 4.39. The van der Waals surface area contributed by atoms with Crippen molar-refractivity contribution in [2.24, 2.45) is 0 Å². The second kappa shape index (κ2) is 10.0. The average molecular weight is 488 g/mol. The molecule has 0 N–H and O–H groups in total. The van der Waals surface area contributed by atoms with Gasteiger partial charge in [0, 0.05) is 57.1 Å². The minimum atomic E-state index is -0.483. The average Bonchev–Trinajstić information content (AvgIpc) is 3.67.